The van der Waals surface area contributed by atoms with Gasteiger partial charge in [0.25, 0.3) is 5.91 Å². The SMILES string of the molecule is COc1cc(C(F)(F)F)cc(C(F)(F)F)c1C(=O)NC(c1ccccc1)C1(N2CCCC2)COC1. The second-order valence-corrected chi connectivity index (χ2v) is 8.70. The Morgan fingerprint density at radius 3 is 2.14 bits per heavy atom. The van der Waals surface area contributed by atoms with Crippen LogP contribution in [-0.2, 0) is 17.1 Å². The number of ether oxygens (including phenoxy) is 2. The number of amides is 1. The minimum absolute atomic E-state index is 0.0579. The van der Waals surface area contributed by atoms with Crippen LogP contribution in [0.25, 0.3) is 0 Å². The first-order valence-corrected chi connectivity index (χ1v) is 11.0. The maximum atomic E-state index is 13.9. The molecule has 2 aromatic rings. The van der Waals surface area contributed by atoms with Crippen molar-refractivity contribution in [2.45, 2.75) is 36.8 Å². The highest BCUT2D eigenvalue weighted by Crippen LogP contribution is 2.43. The third-order valence-corrected chi connectivity index (χ3v) is 6.57. The normalized spacial score (nSPS) is 19.2. The molecule has 2 fully saturated rings. The lowest BCUT2D eigenvalue weighted by molar-refractivity contribution is -0.151. The molecule has 35 heavy (non-hydrogen) atoms. The van der Waals surface area contributed by atoms with Gasteiger partial charge in [-0.3, -0.25) is 9.69 Å². The minimum Gasteiger partial charge on any atom is -0.496 e. The van der Waals surface area contributed by atoms with Crippen LogP contribution >= 0.6 is 0 Å². The van der Waals surface area contributed by atoms with E-state index in [0.717, 1.165) is 33.0 Å². The molecule has 0 radical (unpaired) electrons. The van der Waals surface area contributed by atoms with Crippen LogP contribution in [0, 0.1) is 0 Å². The van der Waals surface area contributed by atoms with Gasteiger partial charge in [0.1, 0.15) is 5.75 Å². The average molecular weight is 502 g/mol. The number of hydrogen-bond acceptors (Lipinski definition) is 4. The molecule has 0 aromatic heterocycles. The summed E-state index contributed by atoms with van der Waals surface area (Å²) in [6, 6.07) is 8.32. The van der Waals surface area contributed by atoms with Crippen molar-refractivity contribution in [3.05, 3.63) is 64.7 Å². The summed E-state index contributed by atoms with van der Waals surface area (Å²) in [6.07, 6.45) is -8.42. The van der Waals surface area contributed by atoms with Crippen LogP contribution in [0.2, 0.25) is 0 Å². The van der Waals surface area contributed by atoms with Gasteiger partial charge in [0.15, 0.2) is 0 Å². The number of nitrogens with one attached hydrogen (secondary N) is 1. The van der Waals surface area contributed by atoms with E-state index in [1.165, 1.54) is 0 Å². The minimum atomic E-state index is -5.23. The number of carbonyl (C=O) groups is 1. The summed E-state index contributed by atoms with van der Waals surface area (Å²) in [6.45, 7) is 1.98. The van der Waals surface area contributed by atoms with Gasteiger partial charge in [-0.05, 0) is 43.6 Å². The molecule has 5 nitrogen and oxygen atoms in total. The molecule has 1 N–H and O–H groups in total. The van der Waals surface area contributed by atoms with Crippen molar-refractivity contribution >= 4 is 5.91 Å². The van der Waals surface area contributed by atoms with E-state index >= 15 is 0 Å². The largest absolute Gasteiger partial charge is 0.496 e. The lowest BCUT2D eigenvalue weighted by Gasteiger charge is -2.53. The molecule has 1 unspecified atom stereocenters. The zero-order chi connectivity index (χ0) is 25.4. The molecular formula is C24H24F6N2O3. The van der Waals surface area contributed by atoms with Gasteiger partial charge >= 0.3 is 12.4 Å². The van der Waals surface area contributed by atoms with Crippen molar-refractivity contribution < 1.29 is 40.6 Å². The number of nitrogens with zero attached hydrogens (tertiary/aromatic N) is 1. The molecule has 190 valence electrons. The second-order valence-electron chi connectivity index (χ2n) is 8.70. The van der Waals surface area contributed by atoms with Gasteiger partial charge in [-0.2, -0.15) is 26.3 Å². The Morgan fingerprint density at radius 1 is 1.03 bits per heavy atom. The molecule has 0 saturated carbocycles. The Labute approximate surface area is 198 Å². The number of halogens is 6. The van der Waals surface area contributed by atoms with E-state index in [4.69, 9.17) is 9.47 Å². The maximum absolute atomic E-state index is 13.9. The molecule has 4 rings (SSSR count). The number of likely N-dealkylation sites (tertiary alicyclic amines) is 1. The highest BCUT2D eigenvalue weighted by atomic mass is 19.4. The van der Waals surface area contributed by atoms with E-state index in [1.54, 1.807) is 30.3 Å². The third kappa shape index (κ3) is 4.84. The smallest absolute Gasteiger partial charge is 0.417 e. The van der Waals surface area contributed by atoms with E-state index in [2.05, 4.69) is 10.2 Å². The summed E-state index contributed by atoms with van der Waals surface area (Å²) >= 11 is 0. The molecule has 2 aliphatic rings. The van der Waals surface area contributed by atoms with Crippen LogP contribution < -0.4 is 10.1 Å². The van der Waals surface area contributed by atoms with Gasteiger partial charge in [-0.25, -0.2) is 0 Å². The summed E-state index contributed by atoms with van der Waals surface area (Å²) < 4.78 is 91.8. The number of alkyl halides is 6. The summed E-state index contributed by atoms with van der Waals surface area (Å²) in [5, 5.41) is 2.69. The van der Waals surface area contributed by atoms with Gasteiger partial charge in [-0.15, -0.1) is 0 Å². The van der Waals surface area contributed by atoms with Crippen LogP contribution in [0.3, 0.4) is 0 Å². The number of carbonyl (C=O) groups excluding carboxylic acids is 1. The number of rotatable bonds is 6. The van der Waals surface area contributed by atoms with Crippen molar-refractivity contribution in [1.82, 2.24) is 10.2 Å². The summed E-state index contributed by atoms with van der Waals surface area (Å²) in [4.78, 5) is 15.6. The van der Waals surface area contributed by atoms with E-state index in [9.17, 15) is 31.1 Å². The molecule has 2 saturated heterocycles. The molecule has 2 heterocycles. The fraction of sp³-hybridized carbons (Fsp3) is 0.458. The van der Waals surface area contributed by atoms with Crippen LogP contribution in [0.4, 0.5) is 26.3 Å². The predicted octanol–water partition coefficient (Wildman–Crippen LogP) is 5.07. The van der Waals surface area contributed by atoms with Crippen LogP contribution in [0.15, 0.2) is 42.5 Å². The molecule has 1 atom stereocenters. The van der Waals surface area contributed by atoms with Gasteiger partial charge in [0.05, 0.1) is 48.6 Å². The Kier molecular flexibility index (Phi) is 6.76. The standard InChI is InChI=1S/C24H24F6N2O3/c1-34-18-12-16(23(25,26)27)11-17(24(28,29)30)19(18)21(33)31-20(15-7-3-2-4-8-15)22(13-35-14-22)32-9-5-6-10-32/h2-4,7-8,11-12,20H,5-6,9-10,13-14H2,1H3,(H,31,33). The molecule has 11 heteroatoms. The monoisotopic (exact) mass is 502 g/mol. The van der Waals surface area contributed by atoms with Gasteiger partial charge in [0.2, 0.25) is 0 Å². The molecule has 1 amide bonds. The fourth-order valence-corrected chi connectivity index (χ4v) is 4.78. The topological polar surface area (TPSA) is 50.8 Å². The quantitative estimate of drug-likeness (QED) is 0.561. The molecule has 2 aliphatic heterocycles. The van der Waals surface area contributed by atoms with Crippen molar-refractivity contribution in [3.63, 3.8) is 0 Å². The van der Waals surface area contributed by atoms with Crippen LogP contribution in [0.1, 0.15) is 45.9 Å². The first kappa shape index (κ1) is 25.3. The van der Waals surface area contributed by atoms with Crippen LogP contribution in [-0.4, -0.2) is 49.8 Å². The number of hydrogen-bond donors (Lipinski definition) is 1. The molecule has 0 bridgehead atoms. The van der Waals surface area contributed by atoms with Crippen molar-refractivity contribution in [1.29, 1.82) is 0 Å². The second kappa shape index (κ2) is 9.34. The Hall–Kier alpha value is -2.79. The van der Waals surface area contributed by atoms with Crippen LogP contribution in [0.5, 0.6) is 5.75 Å². The highest BCUT2D eigenvalue weighted by molar-refractivity contribution is 5.99. The van der Waals surface area contributed by atoms with Crippen molar-refractivity contribution in [3.8, 4) is 5.75 Å². The summed E-state index contributed by atoms with van der Waals surface area (Å²) in [5.41, 5.74) is -4.31. The zero-order valence-corrected chi connectivity index (χ0v) is 18.8. The van der Waals surface area contributed by atoms with Crippen molar-refractivity contribution in [2.24, 2.45) is 0 Å². The van der Waals surface area contributed by atoms with Crippen molar-refractivity contribution in [2.75, 3.05) is 33.4 Å². The Bertz CT molecular complexity index is 1060. The predicted molar refractivity (Wildman–Crippen MR) is 114 cm³/mol. The van der Waals surface area contributed by atoms with E-state index in [1.807, 2.05) is 0 Å². The average Bonchev–Trinajstić information content (AvgIpc) is 3.31. The third-order valence-electron chi connectivity index (χ3n) is 6.57. The molecule has 2 aromatic carbocycles. The van der Waals surface area contributed by atoms with Gasteiger partial charge in [0, 0.05) is 0 Å². The number of methoxy groups -OCH3 is 1. The number of benzene rings is 2. The van der Waals surface area contributed by atoms with Gasteiger partial charge in [-0.1, -0.05) is 30.3 Å². The Morgan fingerprint density at radius 2 is 1.66 bits per heavy atom. The summed E-state index contributed by atoms with van der Waals surface area (Å²) in [7, 11) is 0.923. The fourth-order valence-electron chi connectivity index (χ4n) is 4.78. The molecule has 0 aliphatic carbocycles. The lowest BCUT2D eigenvalue weighted by Crippen LogP contribution is -2.67. The molecule has 0 spiro atoms. The lowest BCUT2D eigenvalue weighted by atomic mass is 9.81. The zero-order valence-electron chi connectivity index (χ0n) is 18.8. The van der Waals surface area contributed by atoms with E-state index in [0.29, 0.717) is 11.6 Å². The summed E-state index contributed by atoms with van der Waals surface area (Å²) in [5.74, 6) is -1.99. The maximum Gasteiger partial charge on any atom is 0.417 e. The Balaban J connectivity index is 1.80. The molecular weight excluding hydrogens is 478 g/mol. The van der Waals surface area contributed by atoms with E-state index < -0.39 is 52.3 Å². The van der Waals surface area contributed by atoms with Gasteiger partial charge < -0.3 is 14.8 Å². The first-order chi connectivity index (χ1) is 16.5. The van der Waals surface area contributed by atoms with E-state index in [-0.39, 0.29) is 19.3 Å². The highest BCUT2D eigenvalue weighted by Gasteiger charge is 2.52. The first-order valence-electron chi connectivity index (χ1n) is 11.0.